The van der Waals surface area contributed by atoms with Crippen molar-refractivity contribution in [2.45, 2.75) is 13.0 Å². The molecular formula is C31H29Cl2FN4. The molecule has 0 spiro atoms. The zero-order valence-corrected chi connectivity index (χ0v) is 22.9. The number of anilines is 1. The summed E-state index contributed by atoms with van der Waals surface area (Å²) in [6.07, 6.45) is 7.16. The summed E-state index contributed by atoms with van der Waals surface area (Å²) >= 11 is 12.5. The number of hydrogen-bond acceptors (Lipinski definition) is 3. The van der Waals surface area contributed by atoms with Crippen molar-refractivity contribution >= 4 is 62.8 Å². The van der Waals surface area contributed by atoms with Crippen LogP contribution in [0.15, 0.2) is 72.9 Å². The second-order valence-electron chi connectivity index (χ2n) is 9.62. The molecule has 5 aromatic rings. The monoisotopic (exact) mass is 546 g/mol. The van der Waals surface area contributed by atoms with Gasteiger partial charge >= 0.3 is 0 Å². The third-order valence-electron chi connectivity index (χ3n) is 6.52. The van der Waals surface area contributed by atoms with Crippen LogP contribution in [0.2, 0.25) is 10.0 Å². The maximum atomic E-state index is 14.3. The molecule has 0 radical (unpaired) electrons. The van der Waals surface area contributed by atoms with Crippen LogP contribution in [0.4, 0.5) is 10.1 Å². The fourth-order valence-electron chi connectivity index (χ4n) is 4.62. The molecule has 0 saturated carbocycles. The molecular weight excluding hydrogens is 518 g/mol. The lowest BCUT2D eigenvalue weighted by Gasteiger charge is -2.13. The number of rotatable bonds is 9. The van der Waals surface area contributed by atoms with Crippen LogP contribution in [0, 0.1) is 5.82 Å². The molecule has 2 heterocycles. The van der Waals surface area contributed by atoms with E-state index >= 15 is 0 Å². The summed E-state index contributed by atoms with van der Waals surface area (Å²) in [5, 5.41) is 6.14. The number of halogens is 3. The molecule has 3 aromatic carbocycles. The Morgan fingerprint density at radius 1 is 0.947 bits per heavy atom. The quantitative estimate of drug-likeness (QED) is 0.189. The minimum atomic E-state index is -0.452. The van der Waals surface area contributed by atoms with Gasteiger partial charge in [-0.1, -0.05) is 65.7 Å². The van der Waals surface area contributed by atoms with E-state index in [1.807, 2.05) is 62.6 Å². The summed E-state index contributed by atoms with van der Waals surface area (Å²) in [5.74, 6) is -0.452. The van der Waals surface area contributed by atoms with Crippen molar-refractivity contribution in [1.29, 1.82) is 0 Å². The molecule has 0 aliphatic carbocycles. The predicted molar refractivity (Wildman–Crippen MR) is 160 cm³/mol. The maximum Gasteiger partial charge on any atom is 0.142 e. The topological polar surface area (TPSA) is 33.1 Å². The van der Waals surface area contributed by atoms with Crippen molar-refractivity contribution in [2.24, 2.45) is 0 Å². The van der Waals surface area contributed by atoms with E-state index in [2.05, 4.69) is 39.2 Å². The Morgan fingerprint density at radius 3 is 2.55 bits per heavy atom. The van der Waals surface area contributed by atoms with Gasteiger partial charge in [-0.15, -0.1) is 0 Å². The predicted octanol–water partition coefficient (Wildman–Crippen LogP) is 8.22. The van der Waals surface area contributed by atoms with Gasteiger partial charge in [-0.05, 0) is 69.0 Å². The third-order valence-corrected chi connectivity index (χ3v) is 7.18. The van der Waals surface area contributed by atoms with Crippen molar-refractivity contribution in [3.8, 4) is 0 Å². The van der Waals surface area contributed by atoms with E-state index in [0.717, 1.165) is 57.9 Å². The zero-order valence-electron chi connectivity index (χ0n) is 21.4. The van der Waals surface area contributed by atoms with Gasteiger partial charge in [0, 0.05) is 51.8 Å². The van der Waals surface area contributed by atoms with Crippen molar-refractivity contribution < 1.29 is 4.39 Å². The van der Waals surface area contributed by atoms with Crippen LogP contribution in [-0.4, -0.2) is 41.6 Å². The molecule has 0 aliphatic heterocycles. The summed E-state index contributed by atoms with van der Waals surface area (Å²) in [6, 6.07) is 21.2. The van der Waals surface area contributed by atoms with E-state index in [9.17, 15) is 4.39 Å². The smallest absolute Gasteiger partial charge is 0.142 e. The lowest BCUT2D eigenvalue weighted by molar-refractivity contribution is 0.405. The van der Waals surface area contributed by atoms with E-state index in [4.69, 9.17) is 28.2 Å². The Bertz CT molecular complexity index is 1620. The van der Waals surface area contributed by atoms with Gasteiger partial charge in [-0.2, -0.15) is 0 Å². The average Bonchev–Trinajstić information content (AvgIpc) is 3.25. The van der Waals surface area contributed by atoms with Crippen LogP contribution in [0.25, 0.3) is 34.0 Å². The standard InChI is InChI=1S/C31H29Cl2FN4/c1-37(2)15-7-14-35-29-16-23(36-30-18-27(33)28(34)17-25(29)30)13-12-21-19-38(31-11-6-4-9-24(21)31)20-22-8-3-5-10-26(22)32/h3-6,8-13,16-19H,7,14-15,20H2,1-2H3,(H,35,36)/b13-12+. The fourth-order valence-corrected chi connectivity index (χ4v) is 4.97. The van der Waals surface area contributed by atoms with Crippen LogP contribution in [-0.2, 0) is 6.54 Å². The molecule has 0 bridgehead atoms. The lowest BCUT2D eigenvalue weighted by atomic mass is 10.1. The normalized spacial score (nSPS) is 11.8. The Balaban J connectivity index is 1.49. The first-order valence-corrected chi connectivity index (χ1v) is 13.3. The Hall–Kier alpha value is -3.38. The molecule has 0 unspecified atom stereocenters. The molecule has 1 N–H and O–H groups in total. The SMILES string of the molecule is CN(C)CCCNc1cc(/C=C/c2cn(Cc3ccccc3Cl)c3ccccc23)nc2cc(Cl)c(F)cc12. The molecule has 0 aliphatic rings. The minimum Gasteiger partial charge on any atom is -0.384 e. The highest BCUT2D eigenvalue weighted by Crippen LogP contribution is 2.30. The summed E-state index contributed by atoms with van der Waals surface area (Å²) in [4.78, 5) is 6.91. The first-order valence-electron chi connectivity index (χ1n) is 12.6. The second kappa shape index (κ2) is 11.6. The highest BCUT2D eigenvalue weighted by molar-refractivity contribution is 6.31. The summed E-state index contributed by atoms with van der Waals surface area (Å²) in [7, 11) is 4.10. The van der Waals surface area contributed by atoms with Crippen molar-refractivity contribution in [1.82, 2.24) is 14.5 Å². The van der Waals surface area contributed by atoms with Crippen LogP contribution in [0.5, 0.6) is 0 Å². The lowest BCUT2D eigenvalue weighted by Crippen LogP contribution is -2.16. The maximum absolute atomic E-state index is 14.3. The number of fused-ring (bicyclic) bond motifs is 2. The molecule has 0 saturated heterocycles. The third kappa shape index (κ3) is 5.86. The Kier molecular flexibility index (Phi) is 7.98. The number of benzene rings is 3. The first-order chi connectivity index (χ1) is 18.4. The number of nitrogens with one attached hydrogen (secondary N) is 1. The number of pyridine rings is 1. The van der Waals surface area contributed by atoms with E-state index in [-0.39, 0.29) is 5.02 Å². The van der Waals surface area contributed by atoms with Gasteiger partial charge in [-0.25, -0.2) is 9.37 Å². The molecule has 194 valence electrons. The van der Waals surface area contributed by atoms with Gasteiger partial charge < -0.3 is 14.8 Å². The number of hydrogen-bond donors (Lipinski definition) is 1. The molecule has 38 heavy (non-hydrogen) atoms. The van der Waals surface area contributed by atoms with Crippen molar-refractivity contribution in [2.75, 3.05) is 32.5 Å². The van der Waals surface area contributed by atoms with E-state index < -0.39 is 5.82 Å². The van der Waals surface area contributed by atoms with E-state index in [0.29, 0.717) is 17.4 Å². The van der Waals surface area contributed by atoms with Gasteiger partial charge in [0.25, 0.3) is 0 Å². The van der Waals surface area contributed by atoms with Crippen LogP contribution >= 0.6 is 23.2 Å². The highest BCUT2D eigenvalue weighted by Gasteiger charge is 2.11. The molecule has 0 amide bonds. The summed E-state index contributed by atoms with van der Waals surface area (Å²) in [6.45, 7) is 2.40. The van der Waals surface area contributed by atoms with Gasteiger partial charge in [0.15, 0.2) is 0 Å². The molecule has 0 fully saturated rings. The number of aromatic nitrogens is 2. The Labute approximate surface area is 232 Å². The molecule has 4 nitrogen and oxygen atoms in total. The zero-order chi connectivity index (χ0) is 26.6. The van der Waals surface area contributed by atoms with Crippen LogP contribution < -0.4 is 5.32 Å². The Morgan fingerprint density at radius 2 is 1.74 bits per heavy atom. The number of nitrogens with zero attached hydrogens (tertiary/aromatic N) is 3. The molecule has 5 rings (SSSR count). The van der Waals surface area contributed by atoms with Crippen molar-refractivity contribution in [3.63, 3.8) is 0 Å². The summed E-state index contributed by atoms with van der Waals surface area (Å²) in [5.41, 5.74) is 5.52. The van der Waals surface area contributed by atoms with Crippen molar-refractivity contribution in [3.05, 3.63) is 106 Å². The minimum absolute atomic E-state index is 0.0623. The van der Waals surface area contributed by atoms with Gasteiger partial charge in [0.1, 0.15) is 5.82 Å². The average molecular weight is 548 g/mol. The molecule has 2 aromatic heterocycles. The summed E-state index contributed by atoms with van der Waals surface area (Å²) < 4.78 is 16.5. The van der Waals surface area contributed by atoms with Gasteiger partial charge in [0.2, 0.25) is 0 Å². The van der Waals surface area contributed by atoms with E-state index in [1.165, 1.54) is 6.07 Å². The first kappa shape index (κ1) is 26.2. The van der Waals surface area contributed by atoms with Crippen LogP contribution in [0.3, 0.4) is 0 Å². The largest absolute Gasteiger partial charge is 0.384 e. The van der Waals surface area contributed by atoms with E-state index in [1.54, 1.807) is 6.07 Å². The van der Waals surface area contributed by atoms with Crippen LogP contribution in [0.1, 0.15) is 23.2 Å². The highest BCUT2D eigenvalue weighted by atomic mass is 35.5. The number of para-hydroxylation sites is 1. The second-order valence-corrected chi connectivity index (χ2v) is 10.4. The molecule has 0 atom stereocenters. The van der Waals surface area contributed by atoms with Gasteiger partial charge in [-0.3, -0.25) is 0 Å². The fraction of sp³-hybridized carbons (Fsp3) is 0.194. The molecule has 7 heteroatoms. The van der Waals surface area contributed by atoms with Gasteiger partial charge in [0.05, 0.1) is 16.2 Å².